The van der Waals surface area contributed by atoms with Gasteiger partial charge in [0.2, 0.25) is 0 Å². The predicted molar refractivity (Wildman–Crippen MR) is 66.0 cm³/mol. The third-order valence-corrected chi connectivity index (χ3v) is 2.62. The van der Waals surface area contributed by atoms with Crippen LogP contribution < -0.4 is 5.56 Å². The smallest absolute Gasteiger partial charge is 0.262 e. The predicted octanol–water partition coefficient (Wildman–Crippen LogP) is 1.79. The molecule has 0 fully saturated rings. The van der Waals surface area contributed by atoms with Crippen molar-refractivity contribution in [1.29, 1.82) is 0 Å². The average Bonchev–Trinajstić information content (AvgIpc) is 2.28. The molecule has 0 aromatic carbocycles. The number of nitrogens with zero attached hydrogens (tertiary/aromatic N) is 3. The first-order valence-electron chi connectivity index (χ1n) is 5.87. The van der Waals surface area contributed by atoms with E-state index in [1.54, 1.807) is 0 Å². The third kappa shape index (κ3) is 2.18. The Morgan fingerprint density at radius 1 is 1.35 bits per heavy atom. The third-order valence-electron chi connectivity index (χ3n) is 2.62. The van der Waals surface area contributed by atoms with Gasteiger partial charge in [-0.1, -0.05) is 20.8 Å². The van der Waals surface area contributed by atoms with E-state index in [-0.39, 0.29) is 11.5 Å². The van der Waals surface area contributed by atoms with Gasteiger partial charge in [0.15, 0.2) is 5.65 Å². The number of H-pyrrole nitrogens is 1. The molecule has 0 bridgehead atoms. The topological polar surface area (TPSA) is 71.5 Å². The van der Waals surface area contributed by atoms with Crippen molar-refractivity contribution in [2.45, 2.75) is 39.5 Å². The van der Waals surface area contributed by atoms with Gasteiger partial charge in [-0.2, -0.15) is 0 Å². The summed E-state index contributed by atoms with van der Waals surface area (Å²) < 4.78 is 0. The molecule has 0 saturated heterocycles. The number of aryl methyl sites for hydroxylation is 1. The summed E-state index contributed by atoms with van der Waals surface area (Å²) in [5, 5.41) is 0.516. The molecule has 2 heterocycles. The van der Waals surface area contributed by atoms with Crippen LogP contribution in [0.5, 0.6) is 0 Å². The fourth-order valence-corrected chi connectivity index (χ4v) is 1.83. The minimum atomic E-state index is -0.136. The lowest BCUT2D eigenvalue weighted by Gasteiger charge is -2.07. The Morgan fingerprint density at radius 2 is 2.12 bits per heavy atom. The molecular weight excluding hydrogens is 216 g/mol. The van der Waals surface area contributed by atoms with Crippen molar-refractivity contribution in [3.63, 3.8) is 0 Å². The maximum atomic E-state index is 12.0. The number of rotatable bonds is 3. The molecule has 0 amide bonds. The van der Waals surface area contributed by atoms with Crippen LogP contribution in [0.25, 0.3) is 11.0 Å². The number of nitrogens with one attached hydrogen (secondary N) is 1. The van der Waals surface area contributed by atoms with Gasteiger partial charge in [-0.3, -0.25) is 4.79 Å². The normalized spacial score (nSPS) is 11.3. The molecule has 2 aromatic rings. The van der Waals surface area contributed by atoms with E-state index in [1.165, 1.54) is 6.33 Å². The van der Waals surface area contributed by atoms with Gasteiger partial charge >= 0.3 is 0 Å². The standard InChI is InChI=1S/C12H16N4O/c1-4-5-8-15-11-9(12(17)16-8)10(7(2)3)13-6-14-11/h6-7H,4-5H2,1-3H3,(H,13,14,15,16,17). The fraction of sp³-hybridized carbons (Fsp3) is 0.500. The van der Waals surface area contributed by atoms with Crippen molar-refractivity contribution in [2.24, 2.45) is 0 Å². The molecular formula is C12H16N4O. The Kier molecular flexibility index (Phi) is 3.17. The van der Waals surface area contributed by atoms with E-state index in [9.17, 15) is 4.79 Å². The fourth-order valence-electron chi connectivity index (χ4n) is 1.83. The van der Waals surface area contributed by atoms with E-state index in [2.05, 4.69) is 19.9 Å². The van der Waals surface area contributed by atoms with Gasteiger partial charge in [-0.05, 0) is 12.3 Å². The maximum absolute atomic E-state index is 12.0. The van der Waals surface area contributed by atoms with E-state index in [4.69, 9.17) is 0 Å². The zero-order chi connectivity index (χ0) is 12.4. The van der Waals surface area contributed by atoms with Gasteiger partial charge in [-0.25, -0.2) is 15.0 Å². The molecule has 0 saturated carbocycles. The van der Waals surface area contributed by atoms with E-state index >= 15 is 0 Å². The van der Waals surface area contributed by atoms with E-state index < -0.39 is 0 Å². The van der Waals surface area contributed by atoms with Crippen LogP contribution in [0.4, 0.5) is 0 Å². The Labute approximate surface area is 99.3 Å². The zero-order valence-corrected chi connectivity index (χ0v) is 10.3. The number of aromatic nitrogens is 4. The zero-order valence-electron chi connectivity index (χ0n) is 10.3. The molecule has 2 aromatic heterocycles. The highest BCUT2D eigenvalue weighted by atomic mass is 16.1. The summed E-state index contributed by atoms with van der Waals surface area (Å²) >= 11 is 0. The SMILES string of the molecule is CCCc1nc2ncnc(C(C)C)c2c(=O)[nH]1. The van der Waals surface area contributed by atoms with Crippen molar-refractivity contribution in [2.75, 3.05) is 0 Å². The Hall–Kier alpha value is -1.78. The van der Waals surface area contributed by atoms with Gasteiger partial charge in [0.05, 0.1) is 5.69 Å². The van der Waals surface area contributed by atoms with Crippen LogP contribution in [0.3, 0.4) is 0 Å². The van der Waals surface area contributed by atoms with Crippen molar-refractivity contribution in [1.82, 2.24) is 19.9 Å². The summed E-state index contributed by atoms with van der Waals surface area (Å²) in [5.74, 6) is 0.874. The van der Waals surface area contributed by atoms with Crippen LogP contribution in [-0.4, -0.2) is 19.9 Å². The van der Waals surface area contributed by atoms with E-state index in [0.717, 1.165) is 18.5 Å². The largest absolute Gasteiger partial charge is 0.310 e. The highest BCUT2D eigenvalue weighted by Crippen LogP contribution is 2.17. The minimum absolute atomic E-state index is 0.136. The molecule has 17 heavy (non-hydrogen) atoms. The van der Waals surface area contributed by atoms with Crippen molar-refractivity contribution in [3.8, 4) is 0 Å². The second kappa shape index (κ2) is 4.61. The van der Waals surface area contributed by atoms with Crippen LogP contribution >= 0.6 is 0 Å². The molecule has 0 radical (unpaired) electrons. The molecule has 0 spiro atoms. The highest BCUT2D eigenvalue weighted by Gasteiger charge is 2.12. The second-order valence-corrected chi connectivity index (χ2v) is 4.37. The summed E-state index contributed by atoms with van der Waals surface area (Å²) in [6, 6.07) is 0. The van der Waals surface area contributed by atoms with Crippen molar-refractivity contribution >= 4 is 11.0 Å². The van der Waals surface area contributed by atoms with E-state index in [0.29, 0.717) is 16.9 Å². The van der Waals surface area contributed by atoms with Crippen LogP contribution in [0.15, 0.2) is 11.1 Å². The first-order valence-corrected chi connectivity index (χ1v) is 5.87. The first-order chi connectivity index (χ1) is 8.13. The van der Waals surface area contributed by atoms with Crippen LogP contribution in [0, 0.1) is 0 Å². The lowest BCUT2D eigenvalue weighted by Crippen LogP contribution is -2.15. The second-order valence-electron chi connectivity index (χ2n) is 4.37. The van der Waals surface area contributed by atoms with Gasteiger partial charge in [-0.15, -0.1) is 0 Å². The Morgan fingerprint density at radius 3 is 2.76 bits per heavy atom. The van der Waals surface area contributed by atoms with Crippen LogP contribution in [-0.2, 0) is 6.42 Å². The molecule has 90 valence electrons. The molecule has 0 aliphatic carbocycles. The first kappa shape index (κ1) is 11.7. The summed E-state index contributed by atoms with van der Waals surface area (Å²) in [4.78, 5) is 27.4. The molecule has 0 aliphatic heterocycles. The number of hydrogen-bond acceptors (Lipinski definition) is 4. The average molecular weight is 232 g/mol. The molecule has 1 N–H and O–H groups in total. The molecule has 0 unspecified atom stereocenters. The van der Waals surface area contributed by atoms with Crippen molar-refractivity contribution in [3.05, 3.63) is 28.2 Å². The molecule has 5 heteroatoms. The molecule has 2 rings (SSSR count). The number of aromatic amines is 1. The Bertz CT molecular complexity index is 589. The van der Waals surface area contributed by atoms with Crippen molar-refractivity contribution < 1.29 is 0 Å². The van der Waals surface area contributed by atoms with Crippen LogP contribution in [0.1, 0.15) is 44.6 Å². The van der Waals surface area contributed by atoms with Crippen LogP contribution in [0.2, 0.25) is 0 Å². The summed E-state index contributed by atoms with van der Waals surface area (Å²) in [7, 11) is 0. The van der Waals surface area contributed by atoms with Gasteiger partial charge < -0.3 is 4.98 Å². The molecule has 0 aliphatic rings. The lowest BCUT2D eigenvalue weighted by atomic mass is 10.1. The number of fused-ring (bicyclic) bond motifs is 1. The van der Waals surface area contributed by atoms with E-state index in [1.807, 2.05) is 20.8 Å². The summed E-state index contributed by atoms with van der Waals surface area (Å²) in [5.41, 5.74) is 1.12. The molecule has 5 nitrogen and oxygen atoms in total. The maximum Gasteiger partial charge on any atom is 0.262 e. The lowest BCUT2D eigenvalue weighted by molar-refractivity contribution is 0.808. The summed E-state index contributed by atoms with van der Waals surface area (Å²) in [6.45, 7) is 6.05. The molecule has 0 atom stereocenters. The summed E-state index contributed by atoms with van der Waals surface area (Å²) in [6.07, 6.45) is 3.17. The highest BCUT2D eigenvalue weighted by molar-refractivity contribution is 5.76. The Balaban J connectivity index is 2.72. The monoisotopic (exact) mass is 232 g/mol. The number of hydrogen-bond donors (Lipinski definition) is 1. The van der Waals surface area contributed by atoms with Gasteiger partial charge in [0, 0.05) is 6.42 Å². The minimum Gasteiger partial charge on any atom is -0.310 e. The van der Waals surface area contributed by atoms with Gasteiger partial charge in [0.25, 0.3) is 5.56 Å². The quantitative estimate of drug-likeness (QED) is 0.875. The van der Waals surface area contributed by atoms with Gasteiger partial charge in [0.1, 0.15) is 17.5 Å².